The van der Waals surface area contributed by atoms with Crippen molar-refractivity contribution in [3.8, 4) is 0 Å². The molecule has 0 aliphatic carbocycles. The molecule has 4 aromatic rings. The molecule has 4 atom stereocenters. The molecule has 1 aromatic heterocycles. The third-order valence-electron chi connectivity index (χ3n) is 11.9. The second-order valence-electron chi connectivity index (χ2n) is 16.1. The predicted octanol–water partition coefficient (Wildman–Crippen LogP) is 8.20. The number of anilines is 1. The lowest BCUT2D eigenvalue weighted by atomic mass is 9.72. The molecule has 0 radical (unpaired) electrons. The second-order valence-corrected chi connectivity index (χ2v) is 23.5. The first-order valence-corrected chi connectivity index (χ1v) is 22.8. The number of likely N-dealkylation sites (N-methyl/N-ethyl adjacent to an activating group) is 1. The number of amides is 2. The van der Waals surface area contributed by atoms with Crippen molar-refractivity contribution < 1.29 is 18.0 Å². The van der Waals surface area contributed by atoms with Crippen molar-refractivity contribution >= 4 is 62.6 Å². The number of carbonyl (C=O) groups excluding carboxylic acids is 2. The van der Waals surface area contributed by atoms with Crippen molar-refractivity contribution in [2.24, 2.45) is 11.8 Å². The Kier molecular flexibility index (Phi) is 8.90. The molecule has 11 heteroatoms. The Morgan fingerprint density at radius 2 is 1.49 bits per heavy atom. The molecule has 8 nitrogen and oxygen atoms in total. The Morgan fingerprint density at radius 1 is 0.863 bits per heavy atom. The Bertz CT molecular complexity index is 2120. The smallest absolute Gasteiger partial charge is 0.266 e. The largest absolute Gasteiger partial charge is 0.373 e. The molecule has 2 fully saturated rings. The fourth-order valence-electron chi connectivity index (χ4n) is 9.67. The summed E-state index contributed by atoms with van der Waals surface area (Å²) in [6.45, 7) is 15.7. The van der Waals surface area contributed by atoms with Crippen molar-refractivity contribution in [3.63, 3.8) is 0 Å². The van der Waals surface area contributed by atoms with E-state index in [1.165, 1.54) is 9.21 Å². The van der Waals surface area contributed by atoms with E-state index >= 15 is 8.42 Å². The summed E-state index contributed by atoms with van der Waals surface area (Å²) in [7, 11) is -4.82. The van der Waals surface area contributed by atoms with Gasteiger partial charge in [0.1, 0.15) is 18.2 Å². The highest BCUT2D eigenvalue weighted by molar-refractivity contribution is 9.10. The maximum atomic E-state index is 15.0. The average molecular weight is 790 g/mol. The summed E-state index contributed by atoms with van der Waals surface area (Å²) < 4.78 is 35.1. The number of piperazine rings is 1. The van der Waals surface area contributed by atoms with E-state index in [9.17, 15) is 9.59 Å². The summed E-state index contributed by atoms with van der Waals surface area (Å²) in [6, 6.07) is 23.2. The lowest BCUT2D eigenvalue weighted by molar-refractivity contribution is -0.158. The number of carbonyl (C=O) groups is 2. The number of para-hydroxylation sites is 1. The van der Waals surface area contributed by atoms with Crippen molar-refractivity contribution in [2.75, 3.05) is 11.4 Å². The number of hydrogen-bond donors (Lipinski definition) is 0. The molecule has 3 aromatic carbocycles. The van der Waals surface area contributed by atoms with Crippen LogP contribution in [0.3, 0.4) is 0 Å². The lowest BCUT2D eigenvalue weighted by Crippen LogP contribution is -2.65. The van der Waals surface area contributed by atoms with Gasteiger partial charge in [-0.1, -0.05) is 93.9 Å². The van der Waals surface area contributed by atoms with Crippen LogP contribution in [0.1, 0.15) is 66.0 Å². The van der Waals surface area contributed by atoms with Crippen LogP contribution in [0.25, 0.3) is 10.9 Å². The first kappa shape index (κ1) is 36.0. The zero-order valence-electron chi connectivity index (χ0n) is 30.8. The van der Waals surface area contributed by atoms with Crippen LogP contribution in [-0.2, 0) is 25.0 Å². The quantitative estimate of drug-likeness (QED) is 0.160. The maximum Gasteiger partial charge on any atom is 0.266 e. The average Bonchev–Trinajstić information content (AvgIpc) is 3.72. The molecule has 51 heavy (non-hydrogen) atoms. The van der Waals surface area contributed by atoms with Gasteiger partial charge in [-0.05, 0) is 90.3 Å². The van der Waals surface area contributed by atoms with E-state index in [0.717, 1.165) is 38.6 Å². The third-order valence-corrected chi connectivity index (χ3v) is 20.7. The minimum Gasteiger partial charge on any atom is -0.373 e. The Balaban J connectivity index is 1.61. The molecule has 3 aliphatic heterocycles. The topological polar surface area (TPSA) is 82.9 Å². The number of benzene rings is 3. The summed E-state index contributed by atoms with van der Waals surface area (Å²) >= 11 is 3.79. The van der Waals surface area contributed by atoms with Crippen LogP contribution in [0.4, 0.5) is 5.69 Å². The zero-order valence-corrected chi connectivity index (χ0v) is 34.2. The number of nitrogens with zero attached hydrogens (tertiary/aromatic N) is 4. The highest BCUT2D eigenvalue weighted by atomic mass is 79.9. The number of hydrogen-bond acceptors (Lipinski definition) is 4. The first-order valence-electron chi connectivity index (χ1n) is 18.2. The van der Waals surface area contributed by atoms with Gasteiger partial charge in [0.25, 0.3) is 10.0 Å². The van der Waals surface area contributed by atoms with E-state index < -0.39 is 41.9 Å². The molecule has 0 saturated carbocycles. The van der Waals surface area contributed by atoms with E-state index in [1.54, 1.807) is 49.2 Å². The van der Waals surface area contributed by atoms with Gasteiger partial charge in [0.2, 0.25) is 11.8 Å². The van der Waals surface area contributed by atoms with E-state index in [0.29, 0.717) is 23.1 Å². The van der Waals surface area contributed by atoms with Crippen molar-refractivity contribution in [2.45, 2.75) is 101 Å². The number of halogens is 1. The van der Waals surface area contributed by atoms with Gasteiger partial charge < -0.3 is 14.0 Å². The van der Waals surface area contributed by atoms with E-state index in [-0.39, 0.29) is 23.1 Å². The number of aromatic nitrogens is 1. The van der Waals surface area contributed by atoms with Gasteiger partial charge in [-0.2, -0.15) is 0 Å². The summed E-state index contributed by atoms with van der Waals surface area (Å²) in [5.41, 5.74) is 2.85. The lowest BCUT2D eigenvalue weighted by Gasteiger charge is -2.44. The molecular formula is C40H49BrN4O4SSi. The summed E-state index contributed by atoms with van der Waals surface area (Å²) in [6.07, 6.45) is 1.62. The van der Waals surface area contributed by atoms with Crippen LogP contribution < -0.4 is 4.31 Å². The molecule has 2 saturated heterocycles. The van der Waals surface area contributed by atoms with E-state index in [1.807, 2.05) is 24.3 Å². The summed E-state index contributed by atoms with van der Waals surface area (Å²) in [5.74, 6) is 0.546. The molecule has 0 spiro atoms. The molecule has 4 heterocycles. The molecule has 3 aliphatic rings. The minimum atomic E-state index is -4.20. The number of rotatable bonds is 9. The van der Waals surface area contributed by atoms with Crippen LogP contribution in [0.5, 0.6) is 0 Å². The molecular weight excluding hydrogens is 741 g/mol. The molecule has 0 bridgehead atoms. The minimum absolute atomic E-state index is 0.144. The molecule has 270 valence electrons. The van der Waals surface area contributed by atoms with E-state index in [4.69, 9.17) is 0 Å². The summed E-state index contributed by atoms with van der Waals surface area (Å²) in [4.78, 5) is 32.1. The number of fused-ring (bicyclic) bond motifs is 6. The van der Waals surface area contributed by atoms with Crippen LogP contribution in [0.2, 0.25) is 17.6 Å². The van der Waals surface area contributed by atoms with Crippen molar-refractivity contribution in [1.29, 1.82) is 0 Å². The van der Waals surface area contributed by atoms with Crippen LogP contribution in [0.15, 0.2) is 88.4 Å². The van der Waals surface area contributed by atoms with Gasteiger partial charge >= 0.3 is 0 Å². The Hall–Kier alpha value is -3.41. The van der Waals surface area contributed by atoms with Gasteiger partial charge in [0.15, 0.2) is 8.24 Å². The van der Waals surface area contributed by atoms with Crippen LogP contribution in [0, 0.1) is 11.8 Å². The molecule has 7 rings (SSSR count). The second kappa shape index (κ2) is 12.6. The van der Waals surface area contributed by atoms with Gasteiger partial charge in [-0.3, -0.25) is 9.59 Å². The normalized spacial score (nSPS) is 23.6. The van der Waals surface area contributed by atoms with Crippen molar-refractivity contribution in [3.05, 3.63) is 94.6 Å². The van der Waals surface area contributed by atoms with Gasteiger partial charge in [-0.25, -0.2) is 12.7 Å². The Morgan fingerprint density at radius 3 is 2.12 bits per heavy atom. The highest BCUT2D eigenvalue weighted by Gasteiger charge is 2.69. The zero-order chi connectivity index (χ0) is 36.8. The van der Waals surface area contributed by atoms with Crippen LogP contribution >= 0.6 is 15.9 Å². The van der Waals surface area contributed by atoms with E-state index in [2.05, 4.69) is 86.1 Å². The molecule has 2 amide bonds. The fourth-order valence-corrected chi connectivity index (χ4v) is 17.7. The maximum absolute atomic E-state index is 15.0. The fraction of sp³-hybridized carbons (Fsp3) is 0.450. The Labute approximate surface area is 312 Å². The predicted molar refractivity (Wildman–Crippen MR) is 210 cm³/mol. The highest BCUT2D eigenvalue weighted by Crippen LogP contribution is 2.61. The standard InChI is InChI=1S/C40H49BrN4O4SSi/c1-25(2)23-51(27(5)6,24-26(3)4)43-22-33(31-20-29(41)18-19-34(31)43)40-21-36-38(47)42(8)28(7)37(46)44(36)39(40)45(35-17-13-12-16-32(35)40)50(48,49)30-14-10-9-11-15-30/h9-20,22,25-28,36,39H,21,23-24H2,1-8H3/t28-,36-,39-,40+/m0/s1. The molecule has 0 N–H and O–H groups in total. The van der Waals surface area contributed by atoms with Gasteiger partial charge in [0.05, 0.1) is 16.0 Å². The van der Waals surface area contributed by atoms with Gasteiger partial charge in [-0.15, -0.1) is 0 Å². The molecule has 0 unspecified atom stereocenters. The third kappa shape index (κ3) is 5.19. The van der Waals surface area contributed by atoms with Crippen LogP contribution in [-0.4, -0.2) is 67.8 Å². The summed E-state index contributed by atoms with van der Waals surface area (Å²) in [5, 5.41) is 1.02. The first-order chi connectivity index (χ1) is 24.1. The van der Waals surface area contributed by atoms with Gasteiger partial charge in [0, 0.05) is 28.6 Å². The monoisotopic (exact) mass is 788 g/mol. The SMILES string of the molecule is CC(C)C[Si](CC(C)C)(C(C)C)n1cc([C@]23C[C@H]4C(=O)N(C)[C@@H](C)C(=O)N4[C@H]2N(S(=O)(=O)c2ccccc2)c2ccccc23)c2cc(Br)ccc21. The van der Waals surface area contributed by atoms with Crippen molar-refractivity contribution in [1.82, 2.24) is 14.0 Å². The number of sulfonamides is 1.